The number of ether oxygens (including phenoxy) is 2. The molecule has 1 aromatic carbocycles. The van der Waals surface area contributed by atoms with Crippen molar-refractivity contribution in [2.45, 2.75) is 6.92 Å². The quantitative estimate of drug-likeness (QED) is 0.600. The highest BCUT2D eigenvalue weighted by molar-refractivity contribution is 6.40. The Bertz CT molecular complexity index is 418. The van der Waals surface area contributed by atoms with Gasteiger partial charge in [0, 0.05) is 12.3 Å². The molecule has 5 nitrogen and oxygen atoms in total. The summed E-state index contributed by atoms with van der Waals surface area (Å²) in [6.07, 6.45) is 0. The van der Waals surface area contributed by atoms with E-state index in [-0.39, 0.29) is 22.6 Å². The van der Waals surface area contributed by atoms with Crippen LogP contribution in [0.15, 0.2) is 12.1 Å². The molecular weight excluding hydrogens is 291 g/mol. The molecule has 0 atom stereocenters. The average Bonchev–Trinajstić information content (AvgIpc) is 2.33. The zero-order valence-corrected chi connectivity index (χ0v) is 12.1. The molecule has 0 aliphatic carbocycles. The Balaban J connectivity index is 2.44. The van der Waals surface area contributed by atoms with E-state index in [1.807, 2.05) is 6.92 Å². The molecule has 1 aromatic rings. The Labute approximate surface area is 122 Å². The first-order chi connectivity index (χ1) is 9.04. The molecule has 106 valence electrons. The van der Waals surface area contributed by atoms with Crippen LogP contribution in [0.4, 0.5) is 11.4 Å². The molecule has 7 heteroatoms. The molecule has 0 aromatic heterocycles. The summed E-state index contributed by atoms with van der Waals surface area (Å²) in [5, 5.41) is 3.14. The number of hydrogen-bond donors (Lipinski definition) is 2. The summed E-state index contributed by atoms with van der Waals surface area (Å²) in [7, 11) is 0. The number of amides is 1. The highest BCUT2D eigenvalue weighted by Crippen LogP contribution is 2.32. The van der Waals surface area contributed by atoms with Crippen molar-refractivity contribution in [3.63, 3.8) is 0 Å². The van der Waals surface area contributed by atoms with Crippen LogP contribution in [0.25, 0.3) is 0 Å². The van der Waals surface area contributed by atoms with Gasteiger partial charge in [0.15, 0.2) is 0 Å². The Kier molecular flexibility index (Phi) is 6.94. The molecule has 3 N–H and O–H groups in total. The van der Waals surface area contributed by atoms with Gasteiger partial charge in [-0.05, 0) is 19.1 Å². The Morgan fingerprint density at radius 1 is 1.26 bits per heavy atom. The molecule has 0 heterocycles. The van der Waals surface area contributed by atoms with Crippen molar-refractivity contribution in [3.05, 3.63) is 22.2 Å². The van der Waals surface area contributed by atoms with Gasteiger partial charge in [-0.2, -0.15) is 0 Å². The second-order valence-electron chi connectivity index (χ2n) is 3.66. The first-order valence-corrected chi connectivity index (χ1v) is 6.50. The molecule has 0 unspecified atom stereocenters. The molecule has 0 saturated carbocycles. The van der Waals surface area contributed by atoms with Gasteiger partial charge >= 0.3 is 0 Å². The standard InChI is InChI=1S/C12H16Cl2N2O3/c1-2-18-3-4-19-7-11(17)16-12-9(13)5-8(15)6-10(12)14/h5-6H,2-4,7,15H2,1H3,(H,16,17). The second kappa shape index (κ2) is 8.22. The van der Waals surface area contributed by atoms with Crippen molar-refractivity contribution < 1.29 is 14.3 Å². The highest BCUT2D eigenvalue weighted by atomic mass is 35.5. The molecule has 0 fully saturated rings. The molecule has 0 radical (unpaired) electrons. The fourth-order valence-electron chi connectivity index (χ4n) is 1.31. The fraction of sp³-hybridized carbons (Fsp3) is 0.417. The zero-order chi connectivity index (χ0) is 14.3. The normalized spacial score (nSPS) is 10.5. The average molecular weight is 307 g/mol. The van der Waals surface area contributed by atoms with Gasteiger partial charge in [-0.1, -0.05) is 23.2 Å². The Hall–Kier alpha value is -1.01. The van der Waals surface area contributed by atoms with Crippen LogP contribution in [0, 0.1) is 0 Å². The lowest BCUT2D eigenvalue weighted by atomic mass is 10.3. The predicted molar refractivity (Wildman–Crippen MR) is 76.8 cm³/mol. The number of nitrogens with two attached hydrogens (primary N) is 1. The van der Waals surface area contributed by atoms with Gasteiger partial charge in [0.1, 0.15) is 6.61 Å². The summed E-state index contributed by atoms with van der Waals surface area (Å²) < 4.78 is 10.2. The predicted octanol–water partition coefficient (Wildman–Crippen LogP) is 2.57. The summed E-state index contributed by atoms with van der Waals surface area (Å²) in [5.74, 6) is -0.343. The summed E-state index contributed by atoms with van der Waals surface area (Å²) in [6, 6.07) is 3.03. The number of benzene rings is 1. The number of carbonyl (C=O) groups is 1. The highest BCUT2D eigenvalue weighted by Gasteiger charge is 2.11. The van der Waals surface area contributed by atoms with E-state index < -0.39 is 0 Å². The molecule has 1 rings (SSSR count). The zero-order valence-electron chi connectivity index (χ0n) is 10.5. The lowest BCUT2D eigenvalue weighted by Gasteiger charge is -2.10. The van der Waals surface area contributed by atoms with Crippen LogP contribution in [-0.2, 0) is 14.3 Å². The van der Waals surface area contributed by atoms with E-state index >= 15 is 0 Å². The third-order valence-electron chi connectivity index (χ3n) is 2.14. The Morgan fingerprint density at radius 3 is 2.42 bits per heavy atom. The largest absolute Gasteiger partial charge is 0.399 e. The number of hydrogen-bond acceptors (Lipinski definition) is 4. The van der Waals surface area contributed by atoms with Crippen molar-refractivity contribution in [2.24, 2.45) is 0 Å². The molecule has 0 aliphatic heterocycles. The van der Waals surface area contributed by atoms with Gasteiger partial charge in [0.25, 0.3) is 0 Å². The molecule has 0 aliphatic rings. The smallest absolute Gasteiger partial charge is 0.250 e. The van der Waals surface area contributed by atoms with E-state index in [4.69, 9.17) is 38.4 Å². The van der Waals surface area contributed by atoms with Gasteiger partial charge in [-0.3, -0.25) is 4.79 Å². The van der Waals surface area contributed by atoms with E-state index in [0.717, 1.165) is 0 Å². The van der Waals surface area contributed by atoms with E-state index in [9.17, 15) is 4.79 Å². The van der Waals surface area contributed by atoms with Crippen molar-refractivity contribution in [1.82, 2.24) is 0 Å². The first kappa shape index (κ1) is 16.0. The van der Waals surface area contributed by atoms with Crippen LogP contribution >= 0.6 is 23.2 Å². The summed E-state index contributed by atoms with van der Waals surface area (Å²) in [4.78, 5) is 11.6. The van der Waals surface area contributed by atoms with Crippen LogP contribution in [0.1, 0.15) is 6.92 Å². The van der Waals surface area contributed by atoms with Gasteiger partial charge in [0.05, 0.1) is 28.9 Å². The van der Waals surface area contributed by atoms with Crippen molar-refractivity contribution in [1.29, 1.82) is 0 Å². The van der Waals surface area contributed by atoms with Gasteiger partial charge < -0.3 is 20.5 Å². The van der Waals surface area contributed by atoms with Crippen molar-refractivity contribution in [3.8, 4) is 0 Å². The van der Waals surface area contributed by atoms with Gasteiger partial charge in [-0.25, -0.2) is 0 Å². The minimum absolute atomic E-state index is 0.0931. The van der Waals surface area contributed by atoms with Crippen LogP contribution in [0.2, 0.25) is 10.0 Å². The van der Waals surface area contributed by atoms with E-state index in [2.05, 4.69) is 5.32 Å². The maximum atomic E-state index is 11.6. The third kappa shape index (κ3) is 5.65. The lowest BCUT2D eigenvalue weighted by Crippen LogP contribution is -2.20. The maximum Gasteiger partial charge on any atom is 0.250 e. The van der Waals surface area contributed by atoms with Crippen LogP contribution in [-0.4, -0.2) is 32.3 Å². The van der Waals surface area contributed by atoms with Crippen molar-refractivity contribution in [2.75, 3.05) is 37.5 Å². The summed E-state index contributed by atoms with van der Waals surface area (Å²) in [6.45, 7) is 3.21. The molecule has 19 heavy (non-hydrogen) atoms. The monoisotopic (exact) mass is 306 g/mol. The number of carbonyl (C=O) groups excluding carboxylic acids is 1. The van der Waals surface area contributed by atoms with Gasteiger partial charge in [-0.15, -0.1) is 0 Å². The summed E-state index contributed by atoms with van der Waals surface area (Å²) >= 11 is 11.9. The van der Waals surface area contributed by atoms with Crippen LogP contribution in [0.5, 0.6) is 0 Å². The van der Waals surface area contributed by atoms with Gasteiger partial charge in [0.2, 0.25) is 5.91 Å². The minimum Gasteiger partial charge on any atom is -0.399 e. The molecule has 1 amide bonds. The first-order valence-electron chi connectivity index (χ1n) is 5.74. The number of rotatable bonds is 7. The molecule has 0 spiro atoms. The van der Waals surface area contributed by atoms with Crippen LogP contribution < -0.4 is 11.1 Å². The number of nitrogens with one attached hydrogen (secondary N) is 1. The molecule has 0 saturated heterocycles. The summed E-state index contributed by atoms with van der Waals surface area (Å²) in [5.41, 5.74) is 6.33. The molecule has 0 bridgehead atoms. The molecular formula is C12H16Cl2N2O3. The minimum atomic E-state index is -0.343. The number of nitrogen functional groups attached to an aromatic ring is 1. The third-order valence-corrected chi connectivity index (χ3v) is 2.73. The van der Waals surface area contributed by atoms with E-state index in [1.165, 1.54) is 12.1 Å². The fourth-order valence-corrected chi connectivity index (χ4v) is 1.91. The van der Waals surface area contributed by atoms with E-state index in [0.29, 0.717) is 31.2 Å². The van der Waals surface area contributed by atoms with Crippen LogP contribution in [0.3, 0.4) is 0 Å². The number of anilines is 2. The van der Waals surface area contributed by atoms with Crippen molar-refractivity contribution >= 4 is 40.5 Å². The maximum absolute atomic E-state index is 11.6. The SMILES string of the molecule is CCOCCOCC(=O)Nc1c(Cl)cc(N)cc1Cl. The Morgan fingerprint density at radius 2 is 1.84 bits per heavy atom. The van der Waals surface area contributed by atoms with E-state index in [1.54, 1.807) is 0 Å². The number of halogens is 2. The topological polar surface area (TPSA) is 73.6 Å². The lowest BCUT2D eigenvalue weighted by molar-refractivity contribution is -0.121. The second-order valence-corrected chi connectivity index (χ2v) is 4.47.